The summed E-state index contributed by atoms with van der Waals surface area (Å²) in [5.41, 5.74) is 0.341. The van der Waals surface area contributed by atoms with Gasteiger partial charge >= 0.3 is 0 Å². The van der Waals surface area contributed by atoms with E-state index < -0.39 is 11.5 Å². The summed E-state index contributed by atoms with van der Waals surface area (Å²) in [6.45, 7) is 1.37. The summed E-state index contributed by atoms with van der Waals surface area (Å²) in [5.74, 6) is -1.38. The summed E-state index contributed by atoms with van der Waals surface area (Å²) in [4.78, 5) is 2.44. The number of amidine groups is 1. The van der Waals surface area contributed by atoms with Gasteiger partial charge in [0.2, 0.25) is 0 Å². The van der Waals surface area contributed by atoms with Crippen molar-refractivity contribution >= 4 is 34.9 Å². The van der Waals surface area contributed by atoms with Gasteiger partial charge in [-0.05, 0) is 42.8 Å². The highest BCUT2D eigenvalue weighted by Crippen LogP contribution is 2.39. The molecular formula is C19H18BrClF2N2OS. The molecule has 0 aromatic heterocycles. The standard InChI is InChI=1S/C19H18ClF2N2OS.BrH/c20-14-5-3-13(4-6-14)19(25)12-23-11-1-2-17(23)24(19)15-7-9-16(10-8-15)26-18(21)22;/h3-10,18,25H,1-2,11-12H2;1H/q+1;/p-1. The van der Waals surface area contributed by atoms with E-state index >= 15 is 0 Å². The van der Waals surface area contributed by atoms with E-state index in [2.05, 4.69) is 4.58 Å². The largest absolute Gasteiger partial charge is 1.00 e. The average Bonchev–Trinajstić information content (AvgIpc) is 3.14. The SMILES string of the molecule is OC1(c2ccc(Cl)cc2)C[N+]2=C(CCC2)N1c1ccc(SC(F)F)cc1.[Br-]. The third-order valence-corrected chi connectivity index (χ3v) is 5.83. The minimum absolute atomic E-state index is 0. The first-order chi connectivity index (χ1) is 12.5. The molecule has 0 saturated carbocycles. The molecule has 0 fully saturated rings. The first-order valence-electron chi connectivity index (χ1n) is 8.42. The Labute approximate surface area is 176 Å². The van der Waals surface area contributed by atoms with Crippen LogP contribution in [0.1, 0.15) is 18.4 Å². The van der Waals surface area contributed by atoms with Crippen LogP contribution < -0.4 is 21.9 Å². The molecular weight excluding hydrogens is 458 g/mol. The van der Waals surface area contributed by atoms with E-state index in [1.54, 1.807) is 36.4 Å². The summed E-state index contributed by atoms with van der Waals surface area (Å²) in [6.07, 6.45) is 1.92. The molecule has 27 heavy (non-hydrogen) atoms. The molecule has 2 aliphatic heterocycles. The second kappa shape index (κ2) is 8.07. The Hall–Kier alpha value is -1.15. The van der Waals surface area contributed by atoms with Crippen molar-refractivity contribution in [2.45, 2.75) is 29.2 Å². The van der Waals surface area contributed by atoms with Gasteiger partial charge in [-0.25, -0.2) is 0 Å². The minimum atomic E-state index is -2.45. The highest BCUT2D eigenvalue weighted by molar-refractivity contribution is 7.99. The lowest BCUT2D eigenvalue weighted by Gasteiger charge is -2.29. The molecule has 1 unspecified atom stereocenters. The number of anilines is 1. The third-order valence-electron chi connectivity index (χ3n) is 4.86. The maximum atomic E-state index is 12.6. The number of thioether (sulfide) groups is 1. The van der Waals surface area contributed by atoms with Gasteiger partial charge in [0.1, 0.15) is 5.69 Å². The average molecular weight is 476 g/mol. The number of hydrogen-bond donors (Lipinski definition) is 1. The van der Waals surface area contributed by atoms with Crippen LogP contribution in [0.4, 0.5) is 14.5 Å². The van der Waals surface area contributed by atoms with E-state index in [9.17, 15) is 13.9 Å². The van der Waals surface area contributed by atoms with Crippen molar-refractivity contribution in [3.8, 4) is 0 Å². The normalized spacial score (nSPS) is 21.6. The van der Waals surface area contributed by atoms with Crippen LogP contribution in [0.2, 0.25) is 5.02 Å². The fourth-order valence-corrected chi connectivity index (χ4v) is 4.39. The number of aliphatic hydroxyl groups is 1. The molecule has 1 N–H and O–H groups in total. The van der Waals surface area contributed by atoms with Crippen LogP contribution in [0, 0.1) is 0 Å². The van der Waals surface area contributed by atoms with Crippen LogP contribution in [0.3, 0.4) is 0 Å². The zero-order valence-electron chi connectivity index (χ0n) is 14.3. The number of benzene rings is 2. The molecule has 0 radical (unpaired) electrons. The van der Waals surface area contributed by atoms with Gasteiger partial charge in [-0.15, -0.1) is 0 Å². The van der Waals surface area contributed by atoms with Crippen molar-refractivity contribution in [3.63, 3.8) is 0 Å². The maximum absolute atomic E-state index is 12.6. The molecule has 4 rings (SSSR count). The second-order valence-electron chi connectivity index (χ2n) is 6.47. The Kier molecular flexibility index (Phi) is 6.15. The number of halogens is 4. The topological polar surface area (TPSA) is 26.5 Å². The predicted octanol–water partition coefficient (Wildman–Crippen LogP) is 1.53. The van der Waals surface area contributed by atoms with Crippen molar-refractivity contribution in [1.29, 1.82) is 0 Å². The molecule has 2 heterocycles. The lowest BCUT2D eigenvalue weighted by molar-refractivity contribution is -0.526. The molecule has 3 nitrogen and oxygen atoms in total. The van der Waals surface area contributed by atoms with Crippen molar-refractivity contribution < 1.29 is 35.4 Å². The number of hydrogen-bond acceptors (Lipinski definition) is 3. The van der Waals surface area contributed by atoms with Crippen molar-refractivity contribution in [1.82, 2.24) is 0 Å². The minimum Gasteiger partial charge on any atom is -1.00 e. The fourth-order valence-electron chi connectivity index (χ4n) is 3.77. The molecule has 0 amide bonds. The van der Waals surface area contributed by atoms with Crippen LogP contribution in [-0.2, 0) is 5.72 Å². The van der Waals surface area contributed by atoms with Crippen molar-refractivity contribution in [3.05, 3.63) is 59.1 Å². The van der Waals surface area contributed by atoms with Crippen molar-refractivity contribution in [2.24, 2.45) is 0 Å². The van der Waals surface area contributed by atoms with Gasteiger partial charge in [0.25, 0.3) is 17.3 Å². The van der Waals surface area contributed by atoms with Crippen molar-refractivity contribution in [2.75, 3.05) is 18.0 Å². The quantitative estimate of drug-likeness (QED) is 0.537. The Balaban J connectivity index is 0.00000210. The van der Waals surface area contributed by atoms with E-state index in [1.807, 2.05) is 17.0 Å². The van der Waals surface area contributed by atoms with E-state index in [0.717, 1.165) is 36.5 Å². The molecule has 2 aromatic carbocycles. The molecule has 0 spiro atoms. The summed E-state index contributed by atoms with van der Waals surface area (Å²) in [7, 11) is 0. The van der Waals surface area contributed by atoms with Crippen LogP contribution in [0.15, 0.2) is 53.4 Å². The predicted molar refractivity (Wildman–Crippen MR) is 100 cm³/mol. The smallest absolute Gasteiger partial charge is 0.288 e. The molecule has 2 aromatic rings. The summed E-state index contributed by atoms with van der Waals surface area (Å²) in [5, 5.41) is 12.2. The second-order valence-corrected chi connectivity index (χ2v) is 7.97. The lowest BCUT2D eigenvalue weighted by atomic mass is 10.00. The maximum Gasteiger partial charge on any atom is 0.288 e. The highest BCUT2D eigenvalue weighted by Gasteiger charge is 2.55. The van der Waals surface area contributed by atoms with Gasteiger partial charge in [0.05, 0.1) is 13.0 Å². The van der Waals surface area contributed by atoms with E-state index in [-0.39, 0.29) is 17.0 Å². The summed E-state index contributed by atoms with van der Waals surface area (Å²) in [6, 6.07) is 14.1. The van der Waals surface area contributed by atoms with Crippen LogP contribution in [0.5, 0.6) is 0 Å². The molecule has 2 aliphatic rings. The lowest BCUT2D eigenvalue weighted by Crippen LogP contribution is -3.00. The van der Waals surface area contributed by atoms with Gasteiger partial charge in [-0.1, -0.05) is 35.5 Å². The van der Waals surface area contributed by atoms with Gasteiger partial charge in [0, 0.05) is 15.5 Å². The monoisotopic (exact) mass is 474 g/mol. The zero-order valence-corrected chi connectivity index (χ0v) is 17.4. The Bertz CT molecular complexity index is 848. The molecule has 0 saturated heterocycles. The van der Waals surface area contributed by atoms with Gasteiger partial charge in [0.15, 0.2) is 6.54 Å². The Morgan fingerprint density at radius 3 is 2.41 bits per heavy atom. The number of nitrogens with zero attached hydrogens (tertiary/aromatic N) is 2. The third kappa shape index (κ3) is 3.88. The number of alkyl halides is 2. The van der Waals surface area contributed by atoms with Gasteiger partial charge in [-0.3, -0.25) is 4.58 Å². The Morgan fingerprint density at radius 1 is 1.11 bits per heavy atom. The first-order valence-corrected chi connectivity index (χ1v) is 9.67. The van der Waals surface area contributed by atoms with Crippen LogP contribution in [-0.4, -0.2) is 34.4 Å². The van der Waals surface area contributed by atoms with Gasteiger partial charge < -0.3 is 22.1 Å². The zero-order chi connectivity index (χ0) is 18.3. The first kappa shape index (κ1) is 20.6. The van der Waals surface area contributed by atoms with E-state index in [4.69, 9.17) is 11.6 Å². The van der Waals surface area contributed by atoms with E-state index in [0.29, 0.717) is 28.2 Å². The molecule has 1 atom stereocenters. The Morgan fingerprint density at radius 2 is 1.78 bits per heavy atom. The van der Waals surface area contributed by atoms with Crippen LogP contribution in [0.25, 0.3) is 0 Å². The van der Waals surface area contributed by atoms with E-state index in [1.165, 1.54) is 0 Å². The van der Waals surface area contributed by atoms with Crippen LogP contribution >= 0.6 is 23.4 Å². The summed E-state index contributed by atoms with van der Waals surface area (Å²) < 4.78 is 27.3. The summed E-state index contributed by atoms with van der Waals surface area (Å²) >= 11 is 6.52. The fraction of sp³-hybridized carbons (Fsp3) is 0.316. The molecule has 0 aliphatic carbocycles. The highest BCUT2D eigenvalue weighted by atomic mass is 79.9. The molecule has 8 heteroatoms. The molecule has 144 valence electrons. The van der Waals surface area contributed by atoms with Gasteiger partial charge in [-0.2, -0.15) is 13.7 Å². The molecule has 0 bridgehead atoms. The number of rotatable bonds is 4.